The van der Waals surface area contributed by atoms with Gasteiger partial charge in [-0.05, 0) is 37.5 Å². The van der Waals surface area contributed by atoms with Gasteiger partial charge in [-0.3, -0.25) is 4.79 Å². The number of rotatable bonds is 8. The third-order valence-corrected chi connectivity index (χ3v) is 4.77. The van der Waals surface area contributed by atoms with Crippen molar-refractivity contribution in [3.05, 3.63) is 66.0 Å². The van der Waals surface area contributed by atoms with Crippen LogP contribution in [0.3, 0.4) is 0 Å². The van der Waals surface area contributed by atoms with Gasteiger partial charge in [0.25, 0.3) is 11.1 Å². The number of amides is 1. The summed E-state index contributed by atoms with van der Waals surface area (Å²) < 4.78 is 19.2. The van der Waals surface area contributed by atoms with Gasteiger partial charge in [-0.15, -0.1) is 10.2 Å². The van der Waals surface area contributed by atoms with Gasteiger partial charge in [0, 0.05) is 6.04 Å². The van der Waals surface area contributed by atoms with Crippen LogP contribution in [0.15, 0.2) is 64.2 Å². The van der Waals surface area contributed by atoms with E-state index in [1.54, 1.807) is 18.2 Å². The SMILES string of the molecule is C[C@@H](CCc1ccccc1)NC(=O)CSc1nnc(-c2ccccc2F)o1. The summed E-state index contributed by atoms with van der Waals surface area (Å²) in [5.74, 6) is -0.268. The van der Waals surface area contributed by atoms with Crippen LogP contribution in [0.1, 0.15) is 18.9 Å². The van der Waals surface area contributed by atoms with E-state index in [2.05, 4.69) is 27.6 Å². The van der Waals surface area contributed by atoms with Crippen LogP contribution < -0.4 is 5.32 Å². The van der Waals surface area contributed by atoms with Crippen molar-refractivity contribution in [3.63, 3.8) is 0 Å². The van der Waals surface area contributed by atoms with E-state index in [0.717, 1.165) is 24.6 Å². The van der Waals surface area contributed by atoms with E-state index in [1.807, 2.05) is 25.1 Å². The second-order valence-corrected chi connectivity index (χ2v) is 7.06. The standard InChI is InChI=1S/C20H20FN3O2S/c1-14(11-12-15-7-3-2-4-8-15)22-18(25)13-27-20-24-23-19(26-20)16-9-5-6-10-17(16)21/h2-10,14H,11-13H2,1H3,(H,22,25)/t14-/m0/s1. The fraction of sp³-hybridized carbons (Fsp3) is 0.250. The lowest BCUT2D eigenvalue weighted by atomic mass is 10.1. The maximum Gasteiger partial charge on any atom is 0.277 e. The lowest BCUT2D eigenvalue weighted by molar-refractivity contribution is -0.119. The minimum atomic E-state index is -0.428. The van der Waals surface area contributed by atoms with Gasteiger partial charge < -0.3 is 9.73 Å². The van der Waals surface area contributed by atoms with Gasteiger partial charge in [0.1, 0.15) is 5.82 Å². The monoisotopic (exact) mass is 385 g/mol. The first-order valence-corrected chi connectivity index (χ1v) is 9.65. The van der Waals surface area contributed by atoms with Crippen LogP contribution in [0.5, 0.6) is 0 Å². The molecular formula is C20H20FN3O2S. The van der Waals surface area contributed by atoms with Gasteiger partial charge in [-0.1, -0.05) is 54.2 Å². The first kappa shape index (κ1) is 19.1. The summed E-state index contributed by atoms with van der Waals surface area (Å²) in [4.78, 5) is 12.1. The predicted molar refractivity (Wildman–Crippen MR) is 103 cm³/mol. The van der Waals surface area contributed by atoms with Gasteiger partial charge in [0.05, 0.1) is 11.3 Å². The van der Waals surface area contributed by atoms with Crippen molar-refractivity contribution in [2.45, 2.75) is 31.0 Å². The number of aryl methyl sites for hydroxylation is 1. The molecule has 2 aromatic carbocycles. The molecule has 27 heavy (non-hydrogen) atoms. The number of nitrogens with one attached hydrogen (secondary N) is 1. The topological polar surface area (TPSA) is 68.0 Å². The Morgan fingerprint density at radius 1 is 1.15 bits per heavy atom. The summed E-state index contributed by atoms with van der Waals surface area (Å²) in [6.07, 6.45) is 1.77. The minimum Gasteiger partial charge on any atom is -0.411 e. The summed E-state index contributed by atoms with van der Waals surface area (Å²) in [7, 11) is 0. The first-order chi connectivity index (χ1) is 13.1. The molecule has 0 radical (unpaired) electrons. The highest BCUT2D eigenvalue weighted by Crippen LogP contribution is 2.24. The zero-order chi connectivity index (χ0) is 19.1. The van der Waals surface area contributed by atoms with E-state index in [4.69, 9.17) is 4.42 Å². The van der Waals surface area contributed by atoms with Crippen molar-refractivity contribution in [2.75, 3.05) is 5.75 Å². The molecule has 0 unspecified atom stereocenters. The van der Waals surface area contributed by atoms with Crippen molar-refractivity contribution in [3.8, 4) is 11.5 Å². The Morgan fingerprint density at radius 3 is 2.67 bits per heavy atom. The van der Waals surface area contributed by atoms with Gasteiger partial charge in [0.15, 0.2) is 0 Å². The van der Waals surface area contributed by atoms with Gasteiger partial charge in [0.2, 0.25) is 5.91 Å². The molecule has 0 aliphatic carbocycles. The molecule has 7 heteroatoms. The summed E-state index contributed by atoms with van der Waals surface area (Å²) in [6.45, 7) is 1.98. The number of aromatic nitrogens is 2. The molecule has 0 aliphatic heterocycles. The summed E-state index contributed by atoms with van der Waals surface area (Å²) in [5, 5.41) is 10.9. The van der Waals surface area contributed by atoms with E-state index >= 15 is 0 Å². The molecule has 3 aromatic rings. The van der Waals surface area contributed by atoms with Crippen LogP contribution in [-0.2, 0) is 11.2 Å². The second-order valence-electron chi connectivity index (χ2n) is 6.13. The fourth-order valence-corrected chi connectivity index (χ4v) is 3.13. The lowest BCUT2D eigenvalue weighted by Crippen LogP contribution is -2.34. The van der Waals surface area contributed by atoms with E-state index in [1.165, 1.54) is 11.6 Å². The minimum absolute atomic E-state index is 0.0648. The van der Waals surface area contributed by atoms with Crippen LogP contribution >= 0.6 is 11.8 Å². The highest BCUT2D eigenvalue weighted by atomic mass is 32.2. The molecule has 1 heterocycles. The molecule has 5 nitrogen and oxygen atoms in total. The number of thioether (sulfide) groups is 1. The molecule has 0 aliphatic rings. The smallest absolute Gasteiger partial charge is 0.277 e. The molecule has 1 amide bonds. The highest BCUT2D eigenvalue weighted by Gasteiger charge is 2.14. The van der Waals surface area contributed by atoms with Crippen molar-refractivity contribution < 1.29 is 13.6 Å². The van der Waals surface area contributed by atoms with E-state index in [0.29, 0.717) is 0 Å². The molecule has 0 saturated carbocycles. The number of hydrogen-bond acceptors (Lipinski definition) is 5. The van der Waals surface area contributed by atoms with Crippen molar-refractivity contribution in [1.82, 2.24) is 15.5 Å². The van der Waals surface area contributed by atoms with Crippen LogP contribution in [-0.4, -0.2) is 27.9 Å². The zero-order valence-electron chi connectivity index (χ0n) is 14.9. The van der Waals surface area contributed by atoms with E-state index in [-0.39, 0.29) is 34.4 Å². The molecule has 0 fully saturated rings. The number of hydrogen-bond donors (Lipinski definition) is 1. The fourth-order valence-electron chi connectivity index (χ4n) is 2.56. The average molecular weight is 385 g/mol. The highest BCUT2D eigenvalue weighted by molar-refractivity contribution is 7.99. The molecule has 1 N–H and O–H groups in total. The Bertz CT molecular complexity index is 886. The van der Waals surface area contributed by atoms with Crippen LogP contribution in [0.25, 0.3) is 11.5 Å². The first-order valence-electron chi connectivity index (χ1n) is 8.66. The Balaban J connectivity index is 1.45. The van der Waals surface area contributed by atoms with Gasteiger partial charge in [-0.25, -0.2) is 4.39 Å². The number of halogens is 1. The Labute approximate surface area is 161 Å². The molecule has 140 valence electrons. The molecule has 1 aromatic heterocycles. The third-order valence-electron chi connectivity index (χ3n) is 3.95. The normalized spacial score (nSPS) is 11.9. The molecule has 3 rings (SSSR count). The third kappa shape index (κ3) is 5.65. The lowest BCUT2D eigenvalue weighted by Gasteiger charge is -2.13. The number of nitrogens with zero attached hydrogens (tertiary/aromatic N) is 2. The van der Waals surface area contributed by atoms with Crippen molar-refractivity contribution in [1.29, 1.82) is 0 Å². The number of carbonyl (C=O) groups is 1. The zero-order valence-corrected chi connectivity index (χ0v) is 15.7. The molecule has 0 bridgehead atoms. The van der Waals surface area contributed by atoms with Crippen molar-refractivity contribution in [2.24, 2.45) is 0 Å². The summed E-state index contributed by atoms with van der Waals surface area (Å²) in [6, 6.07) is 16.4. The van der Waals surface area contributed by atoms with Gasteiger partial charge >= 0.3 is 0 Å². The quantitative estimate of drug-likeness (QED) is 0.591. The summed E-state index contributed by atoms with van der Waals surface area (Å²) >= 11 is 1.13. The maximum absolute atomic E-state index is 13.7. The largest absolute Gasteiger partial charge is 0.411 e. The van der Waals surface area contributed by atoms with Gasteiger partial charge in [-0.2, -0.15) is 0 Å². The number of carbonyl (C=O) groups excluding carboxylic acids is 1. The van der Waals surface area contributed by atoms with E-state index in [9.17, 15) is 9.18 Å². The molecule has 0 spiro atoms. The Morgan fingerprint density at radius 2 is 1.89 bits per heavy atom. The number of benzene rings is 2. The van der Waals surface area contributed by atoms with Crippen LogP contribution in [0.4, 0.5) is 4.39 Å². The average Bonchev–Trinajstić information content (AvgIpc) is 3.15. The summed E-state index contributed by atoms with van der Waals surface area (Å²) in [5.41, 5.74) is 1.50. The van der Waals surface area contributed by atoms with Crippen molar-refractivity contribution >= 4 is 17.7 Å². The predicted octanol–water partition coefficient (Wildman–Crippen LogP) is 4.11. The maximum atomic E-state index is 13.7. The second kappa shape index (κ2) is 9.32. The molecule has 1 atom stereocenters. The van der Waals surface area contributed by atoms with Crippen LogP contribution in [0.2, 0.25) is 0 Å². The van der Waals surface area contributed by atoms with E-state index < -0.39 is 5.82 Å². The molecular weight excluding hydrogens is 365 g/mol. The Kier molecular flexibility index (Phi) is 6.59. The van der Waals surface area contributed by atoms with Crippen LogP contribution in [0, 0.1) is 5.82 Å². The Hall–Kier alpha value is -2.67. The molecule has 0 saturated heterocycles.